The minimum Gasteiger partial charge on any atom is -0.320 e. The molecule has 2 heterocycles. The Kier molecular flexibility index (Phi) is 5.83. The van der Waals surface area contributed by atoms with Gasteiger partial charge < -0.3 is 5.32 Å². The highest BCUT2D eigenvalue weighted by atomic mass is 35.5. The topological polar surface area (TPSA) is 92.3 Å². The minimum atomic E-state index is -3.82. The highest BCUT2D eigenvalue weighted by Crippen LogP contribution is 2.37. The highest BCUT2D eigenvalue weighted by molar-refractivity contribution is 7.89. The first-order chi connectivity index (χ1) is 14.3. The van der Waals surface area contributed by atoms with E-state index < -0.39 is 27.8 Å². The third kappa shape index (κ3) is 4.22. The molecular weight excluding hydrogens is 451 g/mol. The van der Waals surface area contributed by atoms with E-state index in [0.29, 0.717) is 35.1 Å². The average molecular weight is 467 g/mol. The van der Waals surface area contributed by atoms with Crippen molar-refractivity contribution >= 4 is 44.6 Å². The van der Waals surface area contributed by atoms with Crippen LogP contribution in [-0.2, 0) is 10.0 Å². The quantitative estimate of drug-likeness (QED) is 0.611. The smallest absolute Gasteiger partial charge is 0.286 e. The van der Waals surface area contributed by atoms with Crippen LogP contribution in [0.4, 0.5) is 10.1 Å². The monoisotopic (exact) mass is 466 g/mol. The van der Waals surface area contributed by atoms with Gasteiger partial charge in [-0.15, -0.1) is 10.2 Å². The van der Waals surface area contributed by atoms with Gasteiger partial charge in [-0.1, -0.05) is 22.9 Å². The van der Waals surface area contributed by atoms with E-state index in [9.17, 15) is 17.6 Å². The van der Waals surface area contributed by atoms with Gasteiger partial charge >= 0.3 is 0 Å². The van der Waals surface area contributed by atoms with Gasteiger partial charge in [0.05, 0.1) is 10.9 Å². The summed E-state index contributed by atoms with van der Waals surface area (Å²) in [5, 5.41) is 11.8. The Balaban J connectivity index is 1.54. The predicted molar refractivity (Wildman–Crippen MR) is 112 cm³/mol. The summed E-state index contributed by atoms with van der Waals surface area (Å²) < 4.78 is 40.5. The number of benzene rings is 2. The number of anilines is 1. The molecule has 1 aromatic heterocycles. The lowest BCUT2D eigenvalue weighted by Crippen LogP contribution is -2.30. The summed E-state index contributed by atoms with van der Waals surface area (Å²) in [5.74, 6) is -0.945. The summed E-state index contributed by atoms with van der Waals surface area (Å²) >= 11 is 6.89. The molecule has 1 atom stereocenters. The molecule has 0 spiro atoms. The van der Waals surface area contributed by atoms with Crippen LogP contribution < -0.4 is 5.32 Å². The number of carbonyl (C=O) groups is 1. The van der Waals surface area contributed by atoms with Gasteiger partial charge in [-0.2, -0.15) is 4.31 Å². The number of halogens is 2. The summed E-state index contributed by atoms with van der Waals surface area (Å²) in [5.41, 5.74) is 0.558. The number of carbonyl (C=O) groups excluding carboxylic acids is 1. The molecule has 1 amide bonds. The molecule has 156 valence electrons. The molecule has 7 nitrogen and oxygen atoms in total. The lowest BCUT2D eigenvalue weighted by Gasteiger charge is -2.22. The summed E-state index contributed by atoms with van der Waals surface area (Å²) in [7, 11) is -3.82. The first kappa shape index (κ1) is 20.9. The molecule has 1 aliphatic rings. The number of aromatic nitrogens is 2. The highest BCUT2D eigenvalue weighted by Gasteiger charge is 2.38. The zero-order chi connectivity index (χ0) is 21.3. The number of sulfonamides is 1. The molecule has 1 unspecified atom stereocenters. The van der Waals surface area contributed by atoms with Crippen molar-refractivity contribution in [1.29, 1.82) is 0 Å². The molecule has 0 bridgehead atoms. The van der Waals surface area contributed by atoms with Gasteiger partial charge in [-0.25, -0.2) is 12.8 Å². The van der Waals surface area contributed by atoms with Crippen molar-refractivity contribution in [3.05, 3.63) is 69.4 Å². The third-order valence-corrected chi connectivity index (χ3v) is 7.84. The van der Waals surface area contributed by atoms with Crippen LogP contribution in [0.2, 0.25) is 5.02 Å². The molecule has 0 aliphatic carbocycles. The van der Waals surface area contributed by atoms with E-state index in [4.69, 9.17) is 11.6 Å². The number of nitrogens with one attached hydrogen (secondary N) is 1. The van der Waals surface area contributed by atoms with E-state index in [1.807, 2.05) is 0 Å². The Hall–Kier alpha value is -2.40. The van der Waals surface area contributed by atoms with Gasteiger partial charge in [0, 0.05) is 17.3 Å². The molecule has 0 radical (unpaired) electrons. The fraction of sp³-hybridized carbons (Fsp3) is 0.211. The van der Waals surface area contributed by atoms with E-state index in [2.05, 4.69) is 15.5 Å². The lowest BCUT2D eigenvalue weighted by molar-refractivity contribution is 0.102. The van der Waals surface area contributed by atoms with Gasteiger partial charge in [-0.3, -0.25) is 4.79 Å². The SMILES string of the molecule is O=C(Nc1ccc(Cl)cc1)c1nnc(C2CCCN2S(=O)(=O)c2ccc(F)cc2)s1. The minimum absolute atomic E-state index is 0.0148. The van der Waals surface area contributed by atoms with Crippen molar-refractivity contribution in [1.82, 2.24) is 14.5 Å². The largest absolute Gasteiger partial charge is 0.320 e. The van der Waals surface area contributed by atoms with Crippen molar-refractivity contribution in [3.63, 3.8) is 0 Å². The molecule has 1 aliphatic heterocycles. The van der Waals surface area contributed by atoms with Crippen molar-refractivity contribution in [2.24, 2.45) is 0 Å². The van der Waals surface area contributed by atoms with Gasteiger partial charge in [0.2, 0.25) is 15.0 Å². The second-order valence-corrected chi connectivity index (χ2v) is 9.97. The number of rotatable bonds is 5. The summed E-state index contributed by atoms with van der Waals surface area (Å²) in [6, 6.07) is 10.8. The Morgan fingerprint density at radius 3 is 2.53 bits per heavy atom. The van der Waals surface area contributed by atoms with Crippen LogP contribution in [0, 0.1) is 5.82 Å². The van der Waals surface area contributed by atoms with Crippen molar-refractivity contribution in [3.8, 4) is 0 Å². The normalized spacial score (nSPS) is 17.2. The van der Waals surface area contributed by atoms with E-state index in [1.165, 1.54) is 16.4 Å². The second-order valence-electron chi connectivity index (χ2n) is 6.63. The summed E-state index contributed by atoms with van der Waals surface area (Å²) in [4.78, 5) is 12.5. The van der Waals surface area contributed by atoms with Crippen LogP contribution in [0.1, 0.15) is 33.7 Å². The van der Waals surface area contributed by atoms with Gasteiger partial charge in [0.15, 0.2) is 0 Å². The fourth-order valence-corrected chi connectivity index (χ4v) is 5.93. The van der Waals surface area contributed by atoms with E-state index in [0.717, 1.165) is 23.5 Å². The molecule has 1 fully saturated rings. The van der Waals surface area contributed by atoms with Crippen LogP contribution in [0.3, 0.4) is 0 Å². The summed E-state index contributed by atoms with van der Waals surface area (Å²) in [6.45, 7) is 0.316. The van der Waals surface area contributed by atoms with Gasteiger partial charge in [0.25, 0.3) is 5.91 Å². The first-order valence-electron chi connectivity index (χ1n) is 9.02. The Bertz CT molecular complexity index is 1170. The zero-order valence-corrected chi connectivity index (χ0v) is 17.8. The molecule has 1 N–H and O–H groups in total. The molecular formula is C19H16ClFN4O3S2. The van der Waals surface area contributed by atoms with Gasteiger partial charge in [0.1, 0.15) is 10.8 Å². The number of hydrogen-bond acceptors (Lipinski definition) is 6. The molecule has 1 saturated heterocycles. The third-order valence-electron chi connectivity index (χ3n) is 4.65. The maximum atomic E-state index is 13.2. The average Bonchev–Trinajstić information content (AvgIpc) is 3.40. The van der Waals surface area contributed by atoms with Crippen LogP contribution in [0.15, 0.2) is 53.4 Å². The first-order valence-corrected chi connectivity index (χ1v) is 11.7. The molecule has 3 aromatic rings. The Morgan fingerprint density at radius 1 is 1.13 bits per heavy atom. The van der Waals surface area contributed by atoms with Crippen LogP contribution in [-0.4, -0.2) is 35.4 Å². The van der Waals surface area contributed by atoms with Crippen LogP contribution in [0.5, 0.6) is 0 Å². The maximum Gasteiger partial charge on any atom is 0.286 e. The Morgan fingerprint density at radius 2 is 1.83 bits per heavy atom. The molecule has 11 heteroatoms. The van der Waals surface area contributed by atoms with Crippen LogP contribution in [0.25, 0.3) is 0 Å². The van der Waals surface area contributed by atoms with Gasteiger partial charge in [-0.05, 0) is 61.4 Å². The number of nitrogens with zero attached hydrogens (tertiary/aromatic N) is 3. The second kappa shape index (κ2) is 8.38. The predicted octanol–water partition coefficient (Wildman–Crippen LogP) is 4.11. The van der Waals surface area contributed by atoms with E-state index >= 15 is 0 Å². The van der Waals surface area contributed by atoms with Crippen molar-refractivity contribution < 1.29 is 17.6 Å². The molecule has 30 heavy (non-hydrogen) atoms. The van der Waals surface area contributed by atoms with Crippen LogP contribution >= 0.6 is 22.9 Å². The van der Waals surface area contributed by atoms with Crippen molar-refractivity contribution in [2.75, 3.05) is 11.9 Å². The molecule has 4 rings (SSSR count). The Labute approximate surface area is 181 Å². The lowest BCUT2D eigenvalue weighted by atomic mass is 10.2. The number of amides is 1. The van der Waals surface area contributed by atoms with E-state index in [1.54, 1.807) is 24.3 Å². The maximum absolute atomic E-state index is 13.2. The summed E-state index contributed by atoms with van der Waals surface area (Å²) in [6.07, 6.45) is 1.21. The molecule has 0 saturated carbocycles. The van der Waals surface area contributed by atoms with Crippen molar-refractivity contribution in [2.45, 2.75) is 23.8 Å². The molecule has 2 aromatic carbocycles. The number of hydrogen-bond donors (Lipinski definition) is 1. The standard InChI is InChI=1S/C19H16ClFN4O3S2/c20-12-3-7-14(8-4-12)22-17(26)19-24-23-18(29-19)16-2-1-11-25(16)30(27,28)15-9-5-13(21)6-10-15/h3-10,16H,1-2,11H2,(H,22,26). The zero-order valence-electron chi connectivity index (χ0n) is 15.5. The van der Waals surface area contributed by atoms with E-state index in [-0.39, 0.29) is 9.90 Å². The fourth-order valence-electron chi connectivity index (χ4n) is 3.20.